The highest BCUT2D eigenvalue weighted by Crippen LogP contribution is 2.35. The highest BCUT2D eigenvalue weighted by atomic mass is 16.4. The van der Waals surface area contributed by atoms with Crippen molar-refractivity contribution < 1.29 is 14.7 Å². The monoisotopic (exact) mass is 282 g/mol. The van der Waals surface area contributed by atoms with E-state index in [0.29, 0.717) is 6.42 Å². The molecule has 2 amide bonds. The second-order valence-corrected chi connectivity index (χ2v) is 6.19. The van der Waals surface area contributed by atoms with Crippen LogP contribution in [0.15, 0.2) is 0 Å². The summed E-state index contributed by atoms with van der Waals surface area (Å²) in [6.45, 7) is 2.88. The van der Waals surface area contributed by atoms with Crippen LogP contribution in [-0.2, 0) is 4.79 Å². The number of carboxylic acids is 1. The first-order chi connectivity index (χ1) is 9.56. The van der Waals surface area contributed by atoms with Crippen LogP contribution in [0.3, 0.4) is 0 Å². The van der Waals surface area contributed by atoms with Crippen molar-refractivity contribution >= 4 is 12.0 Å². The Labute approximate surface area is 120 Å². The molecule has 2 N–H and O–H groups in total. The zero-order valence-electron chi connectivity index (χ0n) is 12.4. The van der Waals surface area contributed by atoms with Crippen LogP contribution in [0.5, 0.6) is 0 Å². The lowest BCUT2D eigenvalue weighted by Gasteiger charge is -2.45. The van der Waals surface area contributed by atoms with Crippen LogP contribution in [0, 0.1) is 0 Å². The largest absolute Gasteiger partial charge is 0.481 e. The van der Waals surface area contributed by atoms with Gasteiger partial charge in [0.2, 0.25) is 0 Å². The zero-order valence-corrected chi connectivity index (χ0v) is 12.4. The summed E-state index contributed by atoms with van der Waals surface area (Å²) >= 11 is 0. The van der Waals surface area contributed by atoms with Gasteiger partial charge in [0.25, 0.3) is 0 Å². The number of aliphatic carboxylic acids is 1. The molecule has 5 nitrogen and oxygen atoms in total. The number of hydrogen-bond donors (Lipinski definition) is 2. The molecule has 1 aliphatic carbocycles. The Morgan fingerprint density at radius 3 is 2.60 bits per heavy atom. The van der Waals surface area contributed by atoms with Crippen LogP contribution in [0.2, 0.25) is 0 Å². The molecule has 0 bridgehead atoms. The molecule has 1 aliphatic heterocycles. The van der Waals surface area contributed by atoms with E-state index in [4.69, 9.17) is 5.11 Å². The van der Waals surface area contributed by atoms with Crippen LogP contribution < -0.4 is 5.32 Å². The first-order valence-electron chi connectivity index (χ1n) is 7.87. The molecule has 0 spiro atoms. The van der Waals surface area contributed by atoms with Crippen molar-refractivity contribution in [3.63, 3.8) is 0 Å². The van der Waals surface area contributed by atoms with E-state index in [0.717, 1.165) is 45.1 Å². The molecule has 0 aromatic rings. The second-order valence-electron chi connectivity index (χ2n) is 6.19. The first-order valence-corrected chi connectivity index (χ1v) is 7.87. The number of piperidine rings is 1. The first kappa shape index (κ1) is 15.1. The summed E-state index contributed by atoms with van der Waals surface area (Å²) < 4.78 is 0. The molecule has 1 heterocycles. The van der Waals surface area contributed by atoms with Gasteiger partial charge in [-0.15, -0.1) is 0 Å². The molecule has 1 saturated heterocycles. The van der Waals surface area contributed by atoms with Crippen LogP contribution in [0.1, 0.15) is 64.7 Å². The van der Waals surface area contributed by atoms with E-state index in [2.05, 4.69) is 12.2 Å². The number of carbonyl (C=O) groups excluding carboxylic acids is 1. The van der Waals surface area contributed by atoms with E-state index in [1.165, 1.54) is 6.42 Å². The predicted molar refractivity (Wildman–Crippen MR) is 76.6 cm³/mol. The minimum atomic E-state index is -0.778. The van der Waals surface area contributed by atoms with Gasteiger partial charge in [-0.05, 0) is 51.4 Å². The van der Waals surface area contributed by atoms with Gasteiger partial charge in [-0.25, -0.2) is 4.79 Å². The highest BCUT2D eigenvalue weighted by Gasteiger charge is 2.38. The fourth-order valence-corrected chi connectivity index (χ4v) is 3.33. The van der Waals surface area contributed by atoms with Crippen molar-refractivity contribution in [2.75, 3.05) is 6.54 Å². The summed E-state index contributed by atoms with van der Waals surface area (Å²) in [4.78, 5) is 25.1. The van der Waals surface area contributed by atoms with Crippen molar-refractivity contribution in [1.29, 1.82) is 0 Å². The summed E-state index contributed by atoms with van der Waals surface area (Å²) in [5.41, 5.74) is 0.00583. The smallest absolute Gasteiger partial charge is 0.318 e. The summed E-state index contributed by atoms with van der Waals surface area (Å²) in [6.07, 6.45) is 8.08. The predicted octanol–water partition coefficient (Wildman–Crippen LogP) is 2.75. The fraction of sp³-hybridized carbons (Fsp3) is 0.867. The SMILES string of the molecule is CCC1(NC(=O)N2CCCCC2CCC(=O)O)CCC1. The van der Waals surface area contributed by atoms with E-state index in [9.17, 15) is 9.59 Å². The number of amides is 2. The van der Waals surface area contributed by atoms with Crippen molar-refractivity contribution in [3.8, 4) is 0 Å². The lowest BCUT2D eigenvalue weighted by molar-refractivity contribution is -0.137. The van der Waals surface area contributed by atoms with Crippen molar-refractivity contribution in [2.45, 2.75) is 76.3 Å². The topological polar surface area (TPSA) is 69.6 Å². The lowest BCUT2D eigenvalue weighted by atomic mass is 9.75. The molecule has 1 unspecified atom stereocenters. The summed E-state index contributed by atoms with van der Waals surface area (Å²) in [6, 6.07) is 0.107. The molecule has 2 rings (SSSR count). The summed E-state index contributed by atoms with van der Waals surface area (Å²) in [5.74, 6) is -0.778. The molecule has 2 aliphatic rings. The maximum absolute atomic E-state index is 12.5. The van der Waals surface area contributed by atoms with E-state index >= 15 is 0 Å². The molecule has 0 radical (unpaired) electrons. The van der Waals surface area contributed by atoms with Crippen molar-refractivity contribution in [1.82, 2.24) is 10.2 Å². The van der Waals surface area contributed by atoms with Gasteiger partial charge in [0.05, 0.1) is 0 Å². The van der Waals surface area contributed by atoms with E-state index in [1.807, 2.05) is 4.90 Å². The molecular formula is C15H26N2O3. The van der Waals surface area contributed by atoms with Gasteiger partial charge in [-0.3, -0.25) is 4.79 Å². The molecular weight excluding hydrogens is 256 g/mol. The third-order valence-electron chi connectivity index (χ3n) is 4.94. The van der Waals surface area contributed by atoms with Gasteiger partial charge in [-0.2, -0.15) is 0 Å². The van der Waals surface area contributed by atoms with E-state index in [1.54, 1.807) is 0 Å². The fourth-order valence-electron chi connectivity index (χ4n) is 3.33. The maximum Gasteiger partial charge on any atom is 0.318 e. The molecule has 0 aromatic carbocycles. The third kappa shape index (κ3) is 3.44. The van der Waals surface area contributed by atoms with Crippen molar-refractivity contribution in [3.05, 3.63) is 0 Å². The molecule has 1 saturated carbocycles. The Hall–Kier alpha value is -1.26. The Balaban J connectivity index is 1.92. The quantitative estimate of drug-likeness (QED) is 0.814. The number of carbonyl (C=O) groups is 2. The lowest BCUT2D eigenvalue weighted by Crippen LogP contribution is -2.59. The molecule has 0 aromatic heterocycles. The molecule has 114 valence electrons. The Kier molecular flexibility index (Phi) is 4.89. The third-order valence-corrected chi connectivity index (χ3v) is 4.94. The van der Waals surface area contributed by atoms with Crippen molar-refractivity contribution in [2.24, 2.45) is 0 Å². The molecule has 5 heteroatoms. The number of urea groups is 1. The van der Waals surface area contributed by atoms with Crippen LogP contribution in [0.25, 0.3) is 0 Å². The molecule has 1 atom stereocenters. The minimum absolute atomic E-state index is 0.00583. The van der Waals surface area contributed by atoms with Gasteiger partial charge in [0.1, 0.15) is 0 Å². The number of carboxylic acid groups (broad SMARTS) is 1. The molecule has 2 fully saturated rings. The number of nitrogens with zero attached hydrogens (tertiary/aromatic N) is 1. The zero-order chi connectivity index (χ0) is 14.6. The minimum Gasteiger partial charge on any atom is -0.481 e. The average Bonchev–Trinajstić information content (AvgIpc) is 2.40. The Morgan fingerprint density at radius 2 is 2.05 bits per heavy atom. The highest BCUT2D eigenvalue weighted by molar-refractivity contribution is 5.76. The number of nitrogens with one attached hydrogen (secondary N) is 1. The number of likely N-dealkylation sites (tertiary alicyclic amines) is 1. The Bertz CT molecular complexity index is 361. The summed E-state index contributed by atoms with van der Waals surface area (Å²) in [7, 11) is 0. The van der Waals surface area contributed by atoms with E-state index < -0.39 is 5.97 Å². The van der Waals surface area contributed by atoms with Gasteiger partial charge >= 0.3 is 12.0 Å². The van der Waals surface area contributed by atoms with Crippen LogP contribution in [0.4, 0.5) is 4.79 Å². The standard InChI is InChI=1S/C15H26N2O3/c1-2-15(9-5-10-15)16-14(20)17-11-4-3-6-12(17)7-8-13(18)19/h12H,2-11H2,1H3,(H,16,20)(H,18,19). The number of rotatable bonds is 5. The van der Waals surface area contributed by atoms with Gasteiger partial charge in [0, 0.05) is 24.5 Å². The van der Waals surface area contributed by atoms with E-state index in [-0.39, 0.29) is 24.0 Å². The number of hydrogen-bond acceptors (Lipinski definition) is 2. The van der Waals surface area contributed by atoms with Gasteiger partial charge in [-0.1, -0.05) is 6.92 Å². The normalized spacial score (nSPS) is 24.9. The molecule has 20 heavy (non-hydrogen) atoms. The van der Waals surface area contributed by atoms with Gasteiger partial charge in [0.15, 0.2) is 0 Å². The Morgan fingerprint density at radius 1 is 1.30 bits per heavy atom. The van der Waals surface area contributed by atoms with Crippen LogP contribution in [-0.4, -0.2) is 40.1 Å². The maximum atomic E-state index is 12.5. The second kappa shape index (κ2) is 6.46. The van der Waals surface area contributed by atoms with Crippen LogP contribution >= 0.6 is 0 Å². The van der Waals surface area contributed by atoms with Gasteiger partial charge < -0.3 is 15.3 Å². The summed E-state index contributed by atoms with van der Waals surface area (Å²) in [5, 5.41) is 12.0. The average molecular weight is 282 g/mol.